The molecule has 0 saturated carbocycles. The third-order valence-corrected chi connectivity index (χ3v) is 5.30. The molecule has 32 heavy (non-hydrogen) atoms. The molecule has 0 spiro atoms. The molecule has 0 aliphatic carbocycles. The van der Waals surface area contributed by atoms with Crippen molar-refractivity contribution in [2.24, 2.45) is 20.4 Å². The Hall–Kier alpha value is -5.44. The molecule has 0 aromatic heterocycles. The largest absolute Gasteiger partial charge is 0.191 e. The predicted octanol–water partition coefficient (Wildman–Crippen LogP) is 2.01. The van der Waals surface area contributed by atoms with Crippen molar-refractivity contribution in [2.45, 2.75) is 0 Å². The molecule has 0 fully saturated rings. The summed E-state index contributed by atoms with van der Waals surface area (Å²) < 4.78 is 0. The zero-order chi connectivity index (χ0) is 22.2. The van der Waals surface area contributed by atoms with Crippen LogP contribution in [0.1, 0.15) is 0 Å². The first-order valence-electron chi connectivity index (χ1n) is 9.34. The summed E-state index contributed by atoms with van der Waals surface area (Å²) in [6, 6.07) is 22.9. The molecule has 0 N–H and O–H groups in total. The van der Waals surface area contributed by atoms with Crippen molar-refractivity contribution in [3.05, 3.63) is 59.0 Å². The maximum atomic E-state index is 9.62. The van der Waals surface area contributed by atoms with Crippen molar-refractivity contribution < 1.29 is 0 Å². The topological polar surface area (TPSA) is 145 Å². The number of nitrogens with zero attached hydrogens (tertiary/aromatic N) is 8. The van der Waals surface area contributed by atoms with Gasteiger partial charge in [-0.25, -0.2) is 0 Å². The van der Waals surface area contributed by atoms with Crippen LogP contribution in [0.4, 0.5) is 0 Å². The summed E-state index contributed by atoms with van der Waals surface area (Å²) in [5, 5.41) is 58.2. The smallest absolute Gasteiger partial charge is 0.173 e. The summed E-state index contributed by atoms with van der Waals surface area (Å²) in [5.41, 5.74) is 0.921. The van der Waals surface area contributed by atoms with Gasteiger partial charge in [-0.1, -0.05) is 48.5 Å². The molecular formula is C24H8N8. The van der Waals surface area contributed by atoms with E-state index in [-0.39, 0.29) is 22.8 Å². The Labute approximate surface area is 180 Å². The van der Waals surface area contributed by atoms with Crippen LogP contribution < -0.4 is 10.4 Å². The van der Waals surface area contributed by atoms with Gasteiger partial charge in [0.15, 0.2) is 22.8 Å². The van der Waals surface area contributed by atoms with E-state index < -0.39 is 0 Å². The molecule has 0 atom stereocenters. The molecule has 2 heterocycles. The molecule has 2 aliphatic heterocycles. The quantitative estimate of drug-likeness (QED) is 0.524. The second kappa shape index (κ2) is 7.11. The van der Waals surface area contributed by atoms with Crippen LogP contribution in [-0.2, 0) is 0 Å². The van der Waals surface area contributed by atoms with Gasteiger partial charge in [0.1, 0.15) is 24.3 Å². The van der Waals surface area contributed by atoms with Gasteiger partial charge in [0, 0.05) is 10.4 Å². The summed E-state index contributed by atoms with van der Waals surface area (Å²) in [4.78, 5) is 0. The van der Waals surface area contributed by atoms with Crippen molar-refractivity contribution >= 4 is 55.5 Å². The second-order valence-electron chi connectivity index (χ2n) is 6.83. The highest BCUT2D eigenvalue weighted by Crippen LogP contribution is 2.21. The standard InChI is InChI=1S/C24H8N8/c25-9-17-23(18(10-26)30-29-17)21-13-5-1-2-6-14(13)22(16-8-4-3-7-15(16)21)24-19(11-27)31-32-20(24)12-28/h1-8H. The summed E-state index contributed by atoms with van der Waals surface area (Å²) >= 11 is 0. The molecule has 144 valence electrons. The van der Waals surface area contributed by atoms with Crippen LogP contribution in [-0.4, -0.2) is 22.8 Å². The highest BCUT2D eigenvalue weighted by atomic mass is 15.2. The fraction of sp³-hybridized carbons (Fsp3) is 0. The van der Waals surface area contributed by atoms with Crippen molar-refractivity contribution in [3.8, 4) is 24.3 Å². The van der Waals surface area contributed by atoms with E-state index in [1.54, 1.807) is 0 Å². The summed E-state index contributed by atoms with van der Waals surface area (Å²) in [7, 11) is 0. The number of nitriles is 4. The Bertz CT molecular complexity index is 1550. The SMILES string of the molecule is N#CC1=NN=C(C#N)C1=c1c2ccccc2c(=C2C(C#N)=NN=C2C#N)c2ccccc12. The van der Waals surface area contributed by atoms with Gasteiger partial charge >= 0.3 is 0 Å². The molecule has 0 saturated heterocycles. The Morgan fingerprint density at radius 2 is 0.688 bits per heavy atom. The number of rotatable bonds is 0. The van der Waals surface area contributed by atoms with Gasteiger partial charge in [-0.3, -0.25) is 0 Å². The first-order chi connectivity index (χ1) is 15.7. The van der Waals surface area contributed by atoms with Gasteiger partial charge in [-0.2, -0.15) is 21.0 Å². The normalized spacial score (nSPS) is 14.8. The summed E-state index contributed by atoms with van der Waals surface area (Å²) in [6.45, 7) is 0. The van der Waals surface area contributed by atoms with Crippen LogP contribution >= 0.6 is 0 Å². The van der Waals surface area contributed by atoms with E-state index >= 15 is 0 Å². The summed E-state index contributed by atoms with van der Waals surface area (Å²) in [5.74, 6) is 0. The van der Waals surface area contributed by atoms with E-state index in [0.717, 1.165) is 21.5 Å². The zero-order valence-electron chi connectivity index (χ0n) is 16.2. The van der Waals surface area contributed by atoms with E-state index in [1.807, 2.05) is 72.8 Å². The lowest BCUT2D eigenvalue weighted by Gasteiger charge is -2.11. The Morgan fingerprint density at radius 1 is 0.438 bits per heavy atom. The minimum Gasteiger partial charge on any atom is -0.191 e. The third kappa shape index (κ3) is 2.45. The minimum absolute atomic E-state index is 0.0525. The average Bonchev–Trinajstić information content (AvgIpc) is 3.45. The van der Waals surface area contributed by atoms with Crippen LogP contribution in [0, 0.1) is 45.3 Å². The van der Waals surface area contributed by atoms with Crippen LogP contribution in [0.5, 0.6) is 0 Å². The first kappa shape index (κ1) is 18.6. The van der Waals surface area contributed by atoms with E-state index in [2.05, 4.69) is 20.4 Å². The fourth-order valence-corrected chi connectivity index (χ4v) is 4.08. The maximum absolute atomic E-state index is 9.62. The molecule has 3 aromatic carbocycles. The number of fused-ring (bicyclic) bond motifs is 2. The molecule has 0 unspecified atom stereocenters. The summed E-state index contributed by atoms with van der Waals surface area (Å²) in [6.07, 6.45) is 0. The van der Waals surface area contributed by atoms with Crippen molar-refractivity contribution in [1.82, 2.24) is 0 Å². The monoisotopic (exact) mass is 408 g/mol. The molecule has 0 radical (unpaired) electrons. The van der Waals surface area contributed by atoms with Gasteiger partial charge < -0.3 is 0 Å². The van der Waals surface area contributed by atoms with Crippen molar-refractivity contribution in [3.63, 3.8) is 0 Å². The van der Waals surface area contributed by atoms with Crippen LogP contribution in [0.15, 0.2) is 68.9 Å². The van der Waals surface area contributed by atoms with Gasteiger partial charge in [-0.05, 0) is 21.5 Å². The van der Waals surface area contributed by atoms with E-state index in [0.29, 0.717) is 21.6 Å². The second-order valence-corrected chi connectivity index (χ2v) is 6.83. The highest BCUT2D eigenvalue weighted by Gasteiger charge is 2.26. The molecule has 3 aromatic rings. The van der Waals surface area contributed by atoms with E-state index in [1.165, 1.54) is 0 Å². The highest BCUT2D eigenvalue weighted by molar-refractivity contribution is 6.56. The van der Waals surface area contributed by atoms with Crippen LogP contribution in [0.3, 0.4) is 0 Å². The lowest BCUT2D eigenvalue weighted by Crippen LogP contribution is -2.25. The Kier molecular flexibility index (Phi) is 4.13. The molecule has 0 bridgehead atoms. The molecule has 8 nitrogen and oxygen atoms in total. The van der Waals surface area contributed by atoms with Gasteiger partial charge in [0.25, 0.3) is 0 Å². The average molecular weight is 408 g/mol. The molecule has 0 amide bonds. The maximum Gasteiger partial charge on any atom is 0.173 e. The minimum atomic E-state index is 0.0525. The van der Waals surface area contributed by atoms with Gasteiger partial charge in [0.2, 0.25) is 0 Å². The zero-order valence-corrected chi connectivity index (χ0v) is 16.2. The Morgan fingerprint density at radius 3 is 0.906 bits per heavy atom. The lowest BCUT2D eigenvalue weighted by molar-refractivity contribution is 1.27. The van der Waals surface area contributed by atoms with Crippen molar-refractivity contribution in [1.29, 1.82) is 21.0 Å². The fourth-order valence-electron chi connectivity index (χ4n) is 4.08. The number of benzene rings is 3. The molecule has 2 aliphatic rings. The lowest BCUT2D eigenvalue weighted by atomic mass is 9.89. The number of hydrogen-bond acceptors (Lipinski definition) is 8. The van der Waals surface area contributed by atoms with E-state index in [9.17, 15) is 21.0 Å². The van der Waals surface area contributed by atoms with Crippen LogP contribution in [0.25, 0.3) is 32.7 Å². The van der Waals surface area contributed by atoms with Crippen LogP contribution in [0.2, 0.25) is 0 Å². The molecular weight excluding hydrogens is 400 g/mol. The van der Waals surface area contributed by atoms with Gasteiger partial charge in [-0.15, -0.1) is 20.4 Å². The first-order valence-corrected chi connectivity index (χ1v) is 9.34. The predicted molar refractivity (Wildman–Crippen MR) is 120 cm³/mol. The number of hydrogen-bond donors (Lipinski definition) is 0. The van der Waals surface area contributed by atoms with Crippen molar-refractivity contribution in [2.75, 3.05) is 0 Å². The Balaban J connectivity index is 2.19. The third-order valence-electron chi connectivity index (χ3n) is 5.30. The van der Waals surface area contributed by atoms with E-state index in [4.69, 9.17) is 0 Å². The van der Waals surface area contributed by atoms with Gasteiger partial charge in [0.05, 0.1) is 11.1 Å². The molecule has 5 rings (SSSR count). The molecule has 8 heteroatoms.